The van der Waals surface area contributed by atoms with Crippen molar-refractivity contribution in [2.45, 2.75) is 19.8 Å². The van der Waals surface area contributed by atoms with E-state index in [4.69, 9.17) is 4.74 Å². The molecule has 0 atom stereocenters. The van der Waals surface area contributed by atoms with Gasteiger partial charge < -0.3 is 8.92 Å². The average Bonchev–Trinajstić information content (AvgIpc) is 2.75. The number of methoxy groups -OCH3 is 1. The minimum absolute atomic E-state index is 0.762. The van der Waals surface area contributed by atoms with Crippen LogP contribution in [-0.4, -0.2) is 26.6 Å². The highest BCUT2D eigenvalue weighted by Crippen LogP contribution is 2.26. The smallest absolute Gasteiger partial charge is 0.0575 e. The van der Waals surface area contributed by atoms with Crippen LogP contribution in [0.3, 0.4) is 0 Å². The third-order valence-corrected chi connectivity index (χ3v) is 1.92. The van der Waals surface area contributed by atoms with Gasteiger partial charge in [-0.3, -0.25) is 0 Å². The second kappa shape index (κ2) is 8.37. The van der Waals surface area contributed by atoms with Gasteiger partial charge >= 0.3 is 0 Å². The predicted octanol–water partition coefficient (Wildman–Crippen LogP) is 2.34. The second-order valence-corrected chi connectivity index (χ2v) is 3.64. The fraction of sp³-hybridized carbons (Fsp3) is 1.00. The highest BCUT2D eigenvalue weighted by molar-refractivity contribution is 7.94. The molecule has 0 amide bonds. The van der Waals surface area contributed by atoms with Gasteiger partial charge in [-0.15, -0.1) is 0 Å². The SMILES string of the molecule is CC1CC1.COCCSOC. The molecule has 0 aromatic heterocycles. The van der Waals surface area contributed by atoms with Crippen LogP contribution >= 0.6 is 12.0 Å². The number of rotatable bonds is 4. The molecule has 0 bridgehead atoms. The van der Waals surface area contributed by atoms with Crippen LogP contribution < -0.4 is 0 Å². The first kappa shape index (κ1) is 11.3. The lowest BCUT2D eigenvalue weighted by atomic mass is 10.5. The quantitative estimate of drug-likeness (QED) is 0.486. The van der Waals surface area contributed by atoms with Gasteiger partial charge in [0.2, 0.25) is 0 Å². The molecule has 1 saturated carbocycles. The molecule has 1 aliphatic rings. The van der Waals surface area contributed by atoms with Crippen molar-refractivity contribution in [1.82, 2.24) is 0 Å². The predicted molar refractivity (Wildman–Crippen MR) is 49.7 cm³/mol. The summed E-state index contributed by atoms with van der Waals surface area (Å²) in [6.07, 6.45) is 2.97. The van der Waals surface area contributed by atoms with Crippen LogP contribution in [0, 0.1) is 5.92 Å². The van der Waals surface area contributed by atoms with Gasteiger partial charge in [0.15, 0.2) is 0 Å². The third kappa shape index (κ3) is 13.3. The normalized spacial score (nSPS) is 15.5. The summed E-state index contributed by atoms with van der Waals surface area (Å²) < 4.78 is 9.42. The number of hydrogen-bond acceptors (Lipinski definition) is 3. The van der Waals surface area contributed by atoms with E-state index < -0.39 is 0 Å². The lowest BCUT2D eigenvalue weighted by Crippen LogP contribution is -1.90. The molecular formula is C8H18O2S. The van der Waals surface area contributed by atoms with E-state index in [1.807, 2.05) is 0 Å². The molecule has 0 spiro atoms. The molecule has 0 N–H and O–H groups in total. The van der Waals surface area contributed by atoms with Crippen molar-refractivity contribution in [2.75, 3.05) is 26.6 Å². The van der Waals surface area contributed by atoms with Gasteiger partial charge in [-0.2, -0.15) is 0 Å². The van der Waals surface area contributed by atoms with Crippen LogP contribution in [0.2, 0.25) is 0 Å². The Morgan fingerprint density at radius 3 is 2.18 bits per heavy atom. The maximum absolute atomic E-state index is 4.74. The summed E-state index contributed by atoms with van der Waals surface area (Å²) in [6, 6.07) is 0. The highest BCUT2D eigenvalue weighted by Gasteiger charge is 2.12. The molecule has 2 nitrogen and oxygen atoms in total. The fourth-order valence-electron chi connectivity index (χ4n) is 0.367. The van der Waals surface area contributed by atoms with Gasteiger partial charge in [-0.05, 0) is 18.0 Å². The van der Waals surface area contributed by atoms with Gasteiger partial charge in [0.1, 0.15) is 0 Å². The lowest BCUT2D eigenvalue weighted by Gasteiger charge is -1.93. The van der Waals surface area contributed by atoms with Crippen molar-refractivity contribution in [3.63, 3.8) is 0 Å². The monoisotopic (exact) mass is 178 g/mol. The molecule has 1 rings (SSSR count). The molecule has 11 heavy (non-hydrogen) atoms. The first-order chi connectivity index (χ1) is 5.31. The van der Waals surface area contributed by atoms with Crippen molar-refractivity contribution >= 4 is 12.0 Å². The Labute approximate surface area is 73.9 Å². The van der Waals surface area contributed by atoms with Gasteiger partial charge in [0, 0.05) is 12.9 Å². The Balaban J connectivity index is 0.000000207. The number of hydrogen-bond donors (Lipinski definition) is 0. The van der Waals surface area contributed by atoms with Gasteiger partial charge in [-0.25, -0.2) is 0 Å². The summed E-state index contributed by atoms with van der Waals surface area (Å²) in [5, 5.41) is 0. The van der Waals surface area contributed by atoms with E-state index >= 15 is 0 Å². The fourth-order valence-corrected chi connectivity index (χ4v) is 0.769. The standard InChI is InChI=1S/C4H10O2S.C4H8/c1-5-3-4-7-6-2;1-4-2-3-4/h3-4H2,1-2H3;4H,2-3H2,1H3. The molecule has 68 valence electrons. The Morgan fingerprint density at radius 2 is 1.91 bits per heavy atom. The molecule has 0 aromatic rings. The molecule has 1 aliphatic carbocycles. The maximum Gasteiger partial charge on any atom is 0.0575 e. The molecule has 3 heteroatoms. The third-order valence-electron chi connectivity index (χ3n) is 1.35. The lowest BCUT2D eigenvalue weighted by molar-refractivity contribution is 0.217. The Morgan fingerprint density at radius 1 is 1.36 bits per heavy atom. The minimum Gasteiger partial charge on any atom is -0.384 e. The zero-order valence-electron chi connectivity index (χ0n) is 7.63. The van der Waals surface area contributed by atoms with Crippen LogP contribution in [0.1, 0.15) is 19.8 Å². The minimum atomic E-state index is 0.762. The molecule has 0 heterocycles. The van der Waals surface area contributed by atoms with E-state index in [1.165, 1.54) is 24.9 Å². The first-order valence-corrected chi connectivity index (χ1v) is 4.87. The van der Waals surface area contributed by atoms with E-state index in [1.54, 1.807) is 14.2 Å². The Kier molecular flexibility index (Phi) is 8.57. The van der Waals surface area contributed by atoms with E-state index in [0.29, 0.717) is 0 Å². The molecule has 0 unspecified atom stereocenters. The van der Waals surface area contributed by atoms with Crippen molar-refractivity contribution in [2.24, 2.45) is 5.92 Å². The van der Waals surface area contributed by atoms with Gasteiger partial charge in [0.05, 0.1) is 13.7 Å². The zero-order chi connectivity index (χ0) is 8.53. The molecular weight excluding hydrogens is 160 g/mol. The van der Waals surface area contributed by atoms with E-state index in [9.17, 15) is 0 Å². The summed E-state index contributed by atoms with van der Waals surface area (Å²) in [4.78, 5) is 0. The average molecular weight is 178 g/mol. The van der Waals surface area contributed by atoms with Crippen LogP contribution in [-0.2, 0) is 8.92 Å². The molecule has 0 saturated heterocycles. The molecule has 0 aliphatic heterocycles. The first-order valence-electron chi connectivity index (χ1n) is 3.95. The summed E-state index contributed by atoms with van der Waals surface area (Å²) in [6.45, 7) is 3.04. The molecule has 0 radical (unpaired) electrons. The van der Waals surface area contributed by atoms with Crippen molar-refractivity contribution in [3.8, 4) is 0 Å². The van der Waals surface area contributed by atoms with Crippen LogP contribution in [0.5, 0.6) is 0 Å². The molecule has 0 aromatic carbocycles. The van der Waals surface area contributed by atoms with Gasteiger partial charge in [0.25, 0.3) is 0 Å². The van der Waals surface area contributed by atoms with Crippen LogP contribution in [0.15, 0.2) is 0 Å². The van der Waals surface area contributed by atoms with E-state index in [2.05, 4.69) is 11.1 Å². The maximum atomic E-state index is 4.74. The van der Waals surface area contributed by atoms with E-state index in [0.717, 1.165) is 18.3 Å². The molecule has 1 fully saturated rings. The van der Waals surface area contributed by atoms with Crippen molar-refractivity contribution in [1.29, 1.82) is 0 Å². The van der Waals surface area contributed by atoms with Gasteiger partial charge in [-0.1, -0.05) is 19.8 Å². The number of ether oxygens (including phenoxy) is 1. The largest absolute Gasteiger partial charge is 0.384 e. The zero-order valence-corrected chi connectivity index (χ0v) is 8.45. The van der Waals surface area contributed by atoms with Crippen molar-refractivity contribution < 1.29 is 8.92 Å². The second-order valence-electron chi connectivity index (χ2n) is 2.66. The Bertz CT molecular complexity index is 70.5. The van der Waals surface area contributed by atoms with Crippen molar-refractivity contribution in [3.05, 3.63) is 0 Å². The highest BCUT2D eigenvalue weighted by atomic mass is 32.2. The summed E-state index contributed by atoms with van der Waals surface area (Å²) >= 11 is 1.41. The van der Waals surface area contributed by atoms with Crippen LogP contribution in [0.4, 0.5) is 0 Å². The summed E-state index contributed by atoms with van der Waals surface area (Å²) in [5.41, 5.74) is 0. The van der Waals surface area contributed by atoms with E-state index in [-0.39, 0.29) is 0 Å². The summed E-state index contributed by atoms with van der Waals surface area (Å²) in [7, 11) is 3.33. The summed E-state index contributed by atoms with van der Waals surface area (Å²) in [5.74, 6) is 1.99. The Hall–Kier alpha value is 0.270. The topological polar surface area (TPSA) is 18.5 Å². The van der Waals surface area contributed by atoms with Crippen LogP contribution in [0.25, 0.3) is 0 Å².